The Morgan fingerprint density at radius 2 is 1.83 bits per heavy atom. The summed E-state index contributed by atoms with van der Waals surface area (Å²) in [4.78, 5) is 22.5. The fourth-order valence-corrected chi connectivity index (χ4v) is 5.69. The number of aromatic nitrogens is 1. The number of pyridine rings is 1. The molecule has 0 aliphatic carbocycles. The van der Waals surface area contributed by atoms with Crippen molar-refractivity contribution < 1.29 is 28.5 Å². The van der Waals surface area contributed by atoms with Gasteiger partial charge in [0.2, 0.25) is 11.8 Å². The van der Waals surface area contributed by atoms with Crippen LogP contribution in [0.25, 0.3) is 0 Å². The summed E-state index contributed by atoms with van der Waals surface area (Å²) >= 11 is 0. The van der Waals surface area contributed by atoms with Crippen molar-refractivity contribution in [2.75, 3.05) is 50.8 Å². The lowest BCUT2D eigenvalue weighted by atomic mass is 9.99. The molecule has 1 aromatic heterocycles. The zero-order valence-electron chi connectivity index (χ0n) is 22.9. The number of halogens is 1. The van der Waals surface area contributed by atoms with E-state index in [0.717, 1.165) is 25.9 Å². The fourth-order valence-electron chi connectivity index (χ4n) is 5.69. The van der Waals surface area contributed by atoms with Gasteiger partial charge in [-0.15, -0.1) is 0 Å². The Morgan fingerprint density at radius 3 is 2.63 bits per heavy atom. The van der Waals surface area contributed by atoms with E-state index in [0.29, 0.717) is 73.8 Å². The summed E-state index contributed by atoms with van der Waals surface area (Å²) in [6.07, 6.45) is 2.02. The number of aliphatic hydroxyl groups excluding tert-OH is 1. The first kappa shape index (κ1) is 27.3. The molecule has 2 fully saturated rings. The number of hydrogen-bond acceptors (Lipinski definition) is 8. The summed E-state index contributed by atoms with van der Waals surface area (Å²) in [7, 11) is 0. The first-order valence-corrected chi connectivity index (χ1v) is 14.3. The normalized spacial score (nSPS) is 20.0. The summed E-state index contributed by atoms with van der Waals surface area (Å²) in [5, 5.41) is 14.6. The molecule has 0 radical (unpaired) electrons. The van der Waals surface area contributed by atoms with Gasteiger partial charge in [0.1, 0.15) is 36.7 Å². The molecule has 3 aromatic rings. The van der Waals surface area contributed by atoms with Gasteiger partial charge in [-0.05, 0) is 80.4 Å². The van der Waals surface area contributed by atoms with Crippen molar-refractivity contribution in [1.82, 2.24) is 15.2 Å². The zero-order valence-corrected chi connectivity index (χ0v) is 22.9. The Hall–Kier alpha value is -3.89. The van der Waals surface area contributed by atoms with Crippen molar-refractivity contribution in [3.05, 3.63) is 72.0 Å². The third-order valence-corrected chi connectivity index (χ3v) is 7.90. The van der Waals surface area contributed by atoms with Crippen molar-refractivity contribution in [2.24, 2.45) is 5.92 Å². The van der Waals surface area contributed by atoms with Gasteiger partial charge >= 0.3 is 0 Å². The van der Waals surface area contributed by atoms with E-state index in [1.807, 2.05) is 30.3 Å². The fraction of sp³-hybridized carbons (Fsp3) is 0.419. The van der Waals surface area contributed by atoms with E-state index in [2.05, 4.69) is 20.1 Å². The topological polar surface area (TPSA) is 96.4 Å². The number of anilines is 1. The first-order chi connectivity index (χ1) is 20.0. The predicted octanol–water partition coefficient (Wildman–Crippen LogP) is 3.92. The molecule has 3 atom stereocenters. The second-order valence-electron chi connectivity index (χ2n) is 10.8. The number of rotatable bonds is 9. The lowest BCUT2D eigenvalue weighted by Gasteiger charge is -2.30. The Bertz CT molecular complexity index is 1350. The molecule has 2 N–H and O–H groups in total. The molecule has 10 heteroatoms. The molecule has 1 unspecified atom stereocenters. The van der Waals surface area contributed by atoms with Crippen LogP contribution in [0.4, 0.5) is 10.2 Å². The standard InChI is InChI=1S/C31H35FN4O5/c32-23-7-9-24(10-8-23)41-29-5-3-4-28(34-29)36-15-12-22(19-36)31(38)33-25(20-35-13-1-2-14-35)30(37)21-6-11-26-27(18-21)40-17-16-39-26/h3-11,18,22,25,30,37H,1-2,12-17,19-20H2,(H,33,38)/t22?,25-,30-/m1/s1. The van der Waals surface area contributed by atoms with Crippen LogP contribution < -0.4 is 24.4 Å². The van der Waals surface area contributed by atoms with Gasteiger partial charge in [0.15, 0.2) is 11.5 Å². The molecular formula is C31H35FN4O5. The second-order valence-corrected chi connectivity index (χ2v) is 10.8. The van der Waals surface area contributed by atoms with Crippen LogP contribution >= 0.6 is 0 Å². The van der Waals surface area contributed by atoms with Crippen LogP contribution in [-0.2, 0) is 4.79 Å². The van der Waals surface area contributed by atoms with Gasteiger partial charge in [0.05, 0.1) is 12.0 Å². The molecule has 1 amide bonds. The number of hydrogen-bond donors (Lipinski definition) is 2. The number of fused-ring (bicyclic) bond motifs is 1. The maximum atomic E-state index is 13.5. The van der Waals surface area contributed by atoms with Crippen molar-refractivity contribution in [3.63, 3.8) is 0 Å². The van der Waals surface area contributed by atoms with Crippen LogP contribution in [0, 0.1) is 11.7 Å². The number of likely N-dealkylation sites (tertiary alicyclic amines) is 1. The number of benzene rings is 2. The molecule has 41 heavy (non-hydrogen) atoms. The number of nitrogens with one attached hydrogen (secondary N) is 1. The van der Waals surface area contributed by atoms with Crippen LogP contribution in [0.15, 0.2) is 60.7 Å². The average Bonchev–Trinajstić information content (AvgIpc) is 3.71. The van der Waals surface area contributed by atoms with Gasteiger partial charge in [-0.2, -0.15) is 4.98 Å². The number of aliphatic hydroxyl groups is 1. The first-order valence-electron chi connectivity index (χ1n) is 14.3. The summed E-state index contributed by atoms with van der Waals surface area (Å²) in [5.41, 5.74) is 0.689. The molecule has 0 bridgehead atoms. The summed E-state index contributed by atoms with van der Waals surface area (Å²) < 4.78 is 30.4. The maximum Gasteiger partial charge on any atom is 0.225 e. The molecule has 9 nitrogen and oxygen atoms in total. The number of carbonyl (C=O) groups is 1. The molecule has 2 saturated heterocycles. The summed E-state index contributed by atoms with van der Waals surface area (Å²) in [6, 6.07) is 16.3. The van der Waals surface area contributed by atoms with Crippen LogP contribution in [0.1, 0.15) is 30.9 Å². The Morgan fingerprint density at radius 1 is 1.05 bits per heavy atom. The van der Waals surface area contributed by atoms with E-state index in [1.165, 1.54) is 12.1 Å². The summed E-state index contributed by atoms with van der Waals surface area (Å²) in [6.45, 7) is 4.64. The van der Waals surface area contributed by atoms with E-state index < -0.39 is 12.1 Å². The molecule has 3 aliphatic heterocycles. The SMILES string of the molecule is O=C(N[C@H](CN1CCCC1)[C@H](O)c1ccc2c(c1)OCCO2)C1CCN(c2cccc(Oc3ccc(F)cc3)n2)C1. The highest BCUT2D eigenvalue weighted by Crippen LogP contribution is 2.34. The van der Waals surface area contributed by atoms with Crippen molar-refractivity contribution in [3.8, 4) is 23.1 Å². The molecule has 216 valence electrons. The monoisotopic (exact) mass is 562 g/mol. The van der Waals surface area contributed by atoms with E-state index in [4.69, 9.17) is 14.2 Å². The second kappa shape index (κ2) is 12.3. The van der Waals surface area contributed by atoms with Crippen molar-refractivity contribution >= 4 is 11.7 Å². The van der Waals surface area contributed by atoms with Gasteiger partial charge in [0, 0.05) is 25.7 Å². The van der Waals surface area contributed by atoms with Crippen LogP contribution in [-0.4, -0.2) is 72.9 Å². The molecule has 0 saturated carbocycles. The van der Waals surface area contributed by atoms with E-state index >= 15 is 0 Å². The van der Waals surface area contributed by atoms with E-state index in [-0.39, 0.29) is 17.6 Å². The molecule has 3 aliphatic rings. The van der Waals surface area contributed by atoms with E-state index in [9.17, 15) is 14.3 Å². The van der Waals surface area contributed by atoms with Crippen molar-refractivity contribution in [2.45, 2.75) is 31.4 Å². The molecule has 6 rings (SSSR count). The number of ether oxygens (including phenoxy) is 3. The zero-order chi connectivity index (χ0) is 28.2. The highest BCUT2D eigenvalue weighted by atomic mass is 19.1. The molecule has 0 spiro atoms. The van der Waals surface area contributed by atoms with Gasteiger partial charge in [0.25, 0.3) is 0 Å². The number of amides is 1. The average molecular weight is 563 g/mol. The minimum atomic E-state index is -0.894. The number of nitrogens with zero attached hydrogens (tertiary/aromatic N) is 3. The number of carbonyl (C=O) groups excluding carboxylic acids is 1. The molecular weight excluding hydrogens is 527 g/mol. The third-order valence-electron chi connectivity index (χ3n) is 7.90. The minimum Gasteiger partial charge on any atom is -0.486 e. The molecule has 4 heterocycles. The van der Waals surface area contributed by atoms with Crippen LogP contribution in [0.3, 0.4) is 0 Å². The summed E-state index contributed by atoms with van der Waals surface area (Å²) in [5.74, 6) is 2.24. The highest BCUT2D eigenvalue weighted by molar-refractivity contribution is 5.80. The smallest absolute Gasteiger partial charge is 0.225 e. The van der Waals surface area contributed by atoms with E-state index in [1.54, 1.807) is 18.2 Å². The lowest BCUT2D eigenvalue weighted by Crippen LogP contribution is -2.48. The Labute approximate surface area is 238 Å². The van der Waals surface area contributed by atoms with Crippen LogP contribution in [0.5, 0.6) is 23.1 Å². The minimum absolute atomic E-state index is 0.0768. The van der Waals surface area contributed by atoms with Gasteiger partial charge in [-0.3, -0.25) is 4.79 Å². The highest BCUT2D eigenvalue weighted by Gasteiger charge is 2.33. The largest absolute Gasteiger partial charge is 0.486 e. The Kier molecular flexibility index (Phi) is 8.20. The lowest BCUT2D eigenvalue weighted by molar-refractivity contribution is -0.126. The maximum absolute atomic E-state index is 13.5. The van der Waals surface area contributed by atoms with Gasteiger partial charge in [-0.1, -0.05) is 12.1 Å². The molecule has 2 aromatic carbocycles. The van der Waals surface area contributed by atoms with Crippen molar-refractivity contribution in [1.29, 1.82) is 0 Å². The van der Waals surface area contributed by atoms with Gasteiger partial charge in [-0.25, -0.2) is 4.39 Å². The quantitative estimate of drug-likeness (QED) is 0.405. The van der Waals surface area contributed by atoms with Crippen LogP contribution in [0.2, 0.25) is 0 Å². The predicted molar refractivity (Wildman–Crippen MR) is 151 cm³/mol. The third kappa shape index (κ3) is 6.55. The Balaban J connectivity index is 1.11. The van der Waals surface area contributed by atoms with Gasteiger partial charge < -0.3 is 34.4 Å².